The minimum absolute atomic E-state index is 0.138. The maximum atomic E-state index is 12.7. The van der Waals surface area contributed by atoms with Gasteiger partial charge in [0.2, 0.25) is 0 Å². The first-order chi connectivity index (χ1) is 12.0. The van der Waals surface area contributed by atoms with E-state index >= 15 is 0 Å². The van der Waals surface area contributed by atoms with Crippen molar-refractivity contribution in [1.82, 2.24) is 9.13 Å². The van der Waals surface area contributed by atoms with Gasteiger partial charge in [-0.1, -0.05) is 12.7 Å². The topological polar surface area (TPSA) is 91.3 Å². The molecule has 7 heteroatoms. The van der Waals surface area contributed by atoms with E-state index in [1.54, 1.807) is 58.9 Å². The van der Waals surface area contributed by atoms with Crippen LogP contribution in [0.3, 0.4) is 0 Å². The lowest BCUT2D eigenvalue weighted by Crippen LogP contribution is -2.14. The van der Waals surface area contributed by atoms with E-state index in [4.69, 9.17) is 10.5 Å². The van der Waals surface area contributed by atoms with Crippen molar-refractivity contribution in [3.63, 3.8) is 0 Å². The number of ether oxygens (including phenoxy) is 1. The zero-order valence-corrected chi connectivity index (χ0v) is 13.7. The summed E-state index contributed by atoms with van der Waals surface area (Å²) in [5.41, 5.74) is 8.08. The van der Waals surface area contributed by atoms with Crippen LogP contribution in [0, 0.1) is 0 Å². The first-order valence-corrected chi connectivity index (χ1v) is 7.62. The molecule has 3 aromatic rings. The SMILES string of the molecule is C=CCOC(=O)Nc1ccc2c(ccn2C(=O)c2cc(N)cn2C)c1. The zero-order valence-electron chi connectivity index (χ0n) is 13.7. The third kappa shape index (κ3) is 3.25. The number of rotatable bonds is 4. The molecule has 1 aromatic carbocycles. The number of aromatic nitrogens is 2. The van der Waals surface area contributed by atoms with E-state index < -0.39 is 6.09 Å². The number of amides is 1. The van der Waals surface area contributed by atoms with Crippen LogP contribution in [0.15, 0.2) is 55.4 Å². The Balaban J connectivity index is 1.87. The lowest BCUT2D eigenvalue weighted by atomic mass is 10.2. The lowest BCUT2D eigenvalue weighted by Gasteiger charge is -2.07. The summed E-state index contributed by atoms with van der Waals surface area (Å²) in [6, 6.07) is 8.69. The fourth-order valence-corrected chi connectivity index (χ4v) is 2.61. The Morgan fingerprint density at radius 3 is 2.80 bits per heavy atom. The van der Waals surface area contributed by atoms with E-state index in [0.717, 1.165) is 10.9 Å². The monoisotopic (exact) mass is 338 g/mol. The molecule has 0 unspecified atom stereocenters. The number of nitrogens with zero attached hydrogens (tertiary/aromatic N) is 2. The smallest absolute Gasteiger partial charge is 0.411 e. The van der Waals surface area contributed by atoms with Gasteiger partial charge in [-0.3, -0.25) is 14.7 Å². The molecule has 7 nitrogen and oxygen atoms in total. The maximum absolute atomic E-state index is 12.7. The molecule has 0 spiro atoms. The van der Waals surface area contributed by atoms with Crippen molar-refractivity contribution >= 4 is 34.3 Å². The molecule has 0 fully saturated rings. The van der Waals surface area contributed by atoms with Crippen molar-refractivity contribution in [3.05, 3.63) is 61.1 Å². The number of nitrogen functional groups attached to an aromatic ring is 1. The van der Waals surface area contributed by atoms with E-state index in [1.807, 2.05) is 0 Å². The number of carbonyl (C=O) groups excluding carboxylic acids is 2. The molecule has 0 saturated carbocycles. The van der Waals surface area contributed by atoms with Crippen LogP contribution < -0.4 is 11.1 Å². The van der Waals surface area contributed by atoms with E-state index in [-0.39, 0.29) is 12.5 Å². The summed E-state index contributed by atoms with van der Waals surface area (Å²) in [7, 11) is 1.77. The third-order valence-corrected chi connectivity index (χ3v) is 3.73. The summed E-state index contributed by atoms with van der Waals surface area (Å²) < 4.78 is 8.12. The molecule has 0 aliphatic carbocycles. The zero-order chi connectivity index (χ0) is 18.0. The number of aryl methyl sites for hydroxylation is 1. The fourth-order valence-electron chi connectivity index (χ4n) is 2.61. The molecule has 3 rings (SSSR count). The van der Waals surface area contributed by atoms with Crippen LogP contribution >= 0.6 is 0 Å². The van der Waals surface area contributed by atoms with Crippen LogP contribution in [0.2, 0.25) is 0 Å². The van der Waals surface area contributed by atoms with Gasteiger partial charge >= 0.3 is 6.09 Å². The van der Waals surface area contributed by atoms with Crippen LogP contribution in [-0.2, 0) is 11.8 Å². The van der Waals surface area contributed by atoms with E-state index in [9.17, 15) is 9.59 Å². The average molecular weight is 338 g/mol. The number of carbonyl (C=O) groups is 2. The van der Waals surface area contributed by atoms with Crippen molar-refractivity contribution in [3.8, 4) is 0 Å². The number of hydrogen-bond donors (Lipinski definition) is 2. The van der Waals surface area contributed by atoms with Gasteiger partial charge in [0, 0.05) is 30.5 Å². The second-order valence-corrected chi connectivity index (χ2v) is 5.55. The standard InChI is InChI=1S/C18H18N4O3/c1-3-8-25-18(24)20-14-4-5-15-12(9-14)6-7-22(15)17(23)16-10-13(19)11-21(16)2/h3-7,9-11H,1,8,19H2,2H3,(H,20,24). The molecule has 0 atom stereocenters. The van der Waals surface area contributed by atoms with Gasteiger partial charge in [-0.2, -0.15) is 0 Å². The highest BCUT2D eigenvalue weighted by atomic mass is 16.5. The van der Waals surface area contributed by atoms with Crippen molar-refractivity contribution < 1.29 is 14.3 Å². The molecule has 0 radical (unpaired) electrons. The summed E-state index contributed by atoms with van der Waals surface area (Å²) >= 11 is 0. The van der Waals surface area contributed by atoms with Gasteiger partial charge in [-0.25, -0.2) is 4.79 Å². The van der Waals surface area contributed by atoms with Crippen LogP contribution in [-0.4, -0.2) is 27.7 Å². The Kier molecular flexibility index (Phi) is 4.30. The number of benzene rings is 1. The van der Waals surface area contributed by atoms with Gasteiger partial charge in [0.25, 0.3) is 5.91 Å². The predicted octanol–water partition coefficient (Wildman–Crippen LogP) is 2.99. The molecule has 2 heterocycles. The normalized spacial score (nSPS) is 10.6. The first-order valence-electron chi connectivity index (χ1n) is 7.62. The number of nitrogens with one attached hydrogen (secondary N) is 1. The first kappa shape index (κ1) is 16.4. The van der Waals surface area contributed by atoms with Crippen molar-refractivity contribution in [2.24, 2.45) is 7.05 Å². The molecule has 128 valence electrons. The van der Waals surface area contributed by atoms with Gasteiger partial charge in [0.1, 0.15) is 12.3 Å². The summed E-state index contributed by atoms with van der Waals surface area (Å²) in [4.78, 5) is 24.3. The van der Waals surface area contributed by atoms with Gasteiger partial charge in [-0.15, -0.1) is 0 Å². The number of hydrogen-bond acceptors (Lipinski definition) is 4. The molecule has 3 N–H and O–H groups in total. The Hall–Kier alpha value is -3.48. The average Bonchev–Trinajstić information content (AvgIpc) is 3.14. The molecule has 0 bridgehead atoms. The number of fused-ring (bicyclic) bond motifs is 1. The fraction of sp³-hybridized carbons (Fsp3) is 0.111. The summed E-state index contributed by atoms with van der Waals surface area (Å²) in [5.74, 6) is -0.180. The van der Waals surface area contributed by atoms with Crippen LogP contribution in [0.1, 0.15) is 10.5 Å². The van der Waals surface area contributed by atoms with Crippen LogP contribution in [0.4, 0.5) is 16.2 Å². The largest absolute Gasteiger partial charge is 0.445 e. The predicted molar refractivity (Wildman–Crippen MR) is 96.7 cm³/mol. The van der Waals surface area contributed by atoms with Crippen LogP contribution in [0.5, 0.6) is 0 Å². The summed E-state index contributed by atoms with van der Waals surface area (Å²) in [6.45, 7) is 3.62. The molecule has 0 aliphatic heterocycles. The molecular weight excluding hydrogens is 320 g/mol. The van der Waals surface area contributed by atoms with Gasteiger partial charge in [0.15, 0.2) is 0 Å². The summed E-state index contributed by atoms with van der Waals surface area (Å²) in [5, 5.41) is 3.44. The van der Waals surface area contributed by atoms with Crippen molar-refractivity contribution in [1.29, 1.82) is 0 Å². The maximum Gasteiger partial charge on any atom is 0.411 e. The highest BCUT2D eigenvalue weighted by molar-refractivity contribution is 6.02. The van der Waals surface area contributed by atoms with Crippen molar-refractivity contribution in [2.75, 3.05) is 17.7 Å². The number of nitrogens with two attached hydrogens (primary N) is 1. The Morgan fingerprint density at radius 1 is 1.32 bits per heavy atom. The van der Waals surface area contributed by atoms with Gasteiger partial charge < -0.3 is 15.0 Å². The second kappa shape index (κ2) is 6.56. The van der Waals surface area contributed by atoms with E-state index in [0.29, 0.717) is 17.1 Å². The molecule has 25 heavy (non-hydrogen) atoms. The molecule has 2 aromatic heterocycles. The van der Waals surface area contributed by atoms with E-state index in [1.165, 1.54) is 6.08 Å². The highest BCUT2D eigenvalue weighted by Gasteiger charge is 2.15. The van der Waals surface area contributed by atoms with Crippen LogP contribution in [0.25, 0.3) is 10.9 Å². The molecular formula is C18H18N4O3. The summed E-state index contributed by atoms with van der Waals surface area (Å²) in [6.07, 6.45) is 4.31. The minimum atomic E-state index is -0.561. The molecule has 0 saturated heterocycles. The quantitative estimate of drug-likeness (QED) is 0.716. The van der Waals surface area contributed by atoms with Crippen molar-refractivity contribution in [2.45, 2.75) is 0 Å². The highest BCUT2D eigenvalue weighted by Crippen LogP contribution is 2.22. The Morgan fingerprint density at radius 2 is 2.12 bits per heavy atom. The van der Waals surface area contributed by atoms with Gasteiger partial charge in [-0.05, 0) is 30.3 Å². The molecule has 0 aliphatic rings. The lowest BCUT2D eigenvalue weighted by molar-refractivity contribution is 0.0957. The minimum Gasteiger partial charge on any atom is -0.445 e. The second-order valence-electron chi connectivity index (χ2n) is 5.55. The Labute approximate surface area is 144 Å². The number of anilines is 2. The molecule has 1 amide bonds. The Bertz CT molecular complexity index is 968. The van der Waals surface area contributed by atoms with Gasteiger partial charge in [0.05, 0.1) is 11.2 Å². The van der Waals surface area contributed by atoms with E-state index in [2.05, 4.69) is 11.9 Å². The third-order valence-electron chi connectivity index (χ3n) is 3.73.